The summed E-state index contributed by atoms with van der Waals surface area (Å²) in [5.41, 5.74) is 2.13. The maximum absolute atomic E-state index is 13.1. The van der Waals surface area contributed by atoms with E-state index < -0.39 is 5.97 Å². The van der Waals surface area contributed by atoms with Crippen LogP contribution in [0.1, 0.15) is 17.5 Å². The number of hydrogen-bond donors (Lipinski definition) is 1. The molecular weight excluding hydrogens is 347 g/mol. The molecule has 3 rings (SSSR count). The molecule has 0 aliphatic carbocycles. The number of aliphatic carboxylic acids is 1. The largest absolute Gasteiger partial charge is 0.482 e. The molecule has 0 saturated carbocycles. The predicted molar refractivity (Wildman–Crippen MR) is 101 cm³/mol. The van der Waals surface area contributed by atoms with Crippen LogP contribution in [-0.2, 0) is 17.9 Å². The van der Waals surface area contributed by atoms with E-state index in [0.29, 0.717) is 5.75 Å². The van der Waals surface area contributed by atoms with Crippen LogP contribution in [0.2, 0.25) is 0 Å². The van der Waals surface area contributed by atoms with Gasteiger partial charge >= 0.3 is 5.97 Å². The van der Waals surface area contributed by atoms with Gasteiger partial charge in [-0.15, -0.1) is 0 Å². The lowest BCUT2D eigenvalue weighted by molar-refractivity contribution is -0.139. The zero-order valence-electron chi connectivity index (χ0n) is 15.3. The van der Waals surface area contributed by atoms with E-state index in [1.54, 1.807) is 0 Å². The number of nitrogens with zero attached hydrogens (tertiary/aromatic N) is 2. The number of carboxylic acid groups (broad SMARTS) is 1. The number of carboxylic acids is 1. The van der Waals surface area contributed by atoms with Gasteiger partial charge in [-0.1, -0.05) is 30.3 Å². The zero-order valence-corrected chi connectivity index (χ0v) is 15.3. The van der Waals surface area contributed by atoms with E-state index in [2.05, 4.69) is 9.80 Å². The summed E-state index contributed by atoms with van der Waals surface area (Å²) in [6.45, 7) is 5.08. The molecule has 27 heavy (non-hydrogen) atoms. The number of ether oxygens (including phenoxy) is 1. The molecule has 0 unspecified atom stereocenters. The summed E-state index contributed by atoms with van der Waals surface area (Å²) >= 11 is 0. The molecule has 2 aromatic carbocycles. The SMILES string of the molecule is O=C(O)COc1ccccc1CN1CCCN(Cc2ccc(F)cc2)CC1. The van der Waals surface area contributed by atoms with Gasteiger partial charge in [0.1, 0.15) is 11.6 Å². The maximum Gasteiger partial charge on any atom is 0.341 e. The van der Waals surface area contributed by atoms with Crippen molar-refractivity contribution >= 4 is 5.97 Å². The molecule has 1 N–H and O–H groups in total. The highest BCUT2D eigenvalue weighted by molar-refractivity contribution is 5.68. The van der Waals surface area contributed by atoms with Crippen LogP contribution < -0.4 is 4.74 Å². The fourth-order valence-corrected chi connectivity index (χ4v) is 3.34. The number of para-hydroxylation sites is 1. The Hall–Kier alpha value is -2.44. The van der Waals surface area contributed by atoms with Crippen molar-refractivity contribution in [2.24, 2.45) is 0 Å². The molecule has 2 aromatic rings. The molecule has 1 fully saturated rings. The summed E-state index contributed by atoms with van der Waals surface area (Å²) < 4.78 is 18.5. The summed E-state index contributed by atoms with van der Waals surface area (Å²) in [5.74, 6) is -0.548. The number of benzene rings is 2. The summed E-state index contributed by atoms with van der Waals surface area (Å²) in [4.78, 5) is 15.5. The Morgan fingerprint density at radius 1 is 0.963 bits per heavy atom. The van der Waals surface area contributed by atoms with Gasteiger partial charge in [0.25, 0.3) is 0 Å². The first-order valence-electron chi connectivity index (χ1n) is 9.22. The highest BCUT2D eigenvalue weighted by Crippen LogP contribution is 2.21. The first-order chi connectivity index (χ1) is 13.1. The van der Waals surface area contributed by atoms with Gasteiger partial charge in [0.15, 0.2) is 6.61 Å². The van der Waals surface area contributed by atoms with Gasteiger partial charge in [-0.05, 0) is 43.3 Å². The Kier molecular flexibility index (Phi) is 6.79. The molecule has 0 bridgehead atoms. The molecule has 1 heterocycles. The molecule has 0 radical (unpaired) electrons. The normalized spacial score (nSPS) is 16.0. The zero-order chi connectivity index (χ0) is 19.1. The fourth-order valence-electron chi connectivity index (χ4n) is 3.34. The van der Waals surface area contributed by atoms with E-state index in [9.17, 15) is 9.18 Å². The van der Waals surface area contributed by atoms with Gasteiger partial charge in [-0.25, -0.2) is 9.18 Å². The van der Waals surface area contributed by atoms with Crippen molar-refractivity contribution in [2.75, 3.05) is 32.8 Å². The van der Waals surface area contributed by atoms with Crippen molar-refractivity contribution in [3.63, 3.8) is 0 Å². The number of carbonyl (C=O) groups is 1. The van der Waals surface area contributed by atoms with Crippen LogP contribution in [0.5, 0.6) is 5.75 Å². The first-order valence-corrected chi connectivity index (χ1v) is 9.22. The average molecular weight is 372 g/mol. The molecular formula is C21H25FN2O3. The minimum absolute atomic E-state index is 0.204. The number of halogens is 1. The lowest BCUT2D eigenvalue weighted by Gasteiger charge is -2.22. The highest BCUT2D eigenvalue weighted by Gasteiger charge is 2.17. The van der Waals surface area contributed by atoms with Gasteiger partial charge in [0.2, 0.25) is 0 Å². The van der Waals surface area contributed by atoms with Crippen LogP contribution in [0.15, 0.2) is 48.5 Å². The molecule has 1 aliphatic heterocycles. The summed E-state index contributed by atoms with van der Waals surface area (Å²) in [6.07, 6.45) is 1.05. The van der Waals surface area contributed by atoms with E-state index in [4.69, 9.17) is 9.84 Å². The lowest BCUT2D eigenvalue weighted by atomic mass is 10.2. The molecule has 1 aliphatic rings. The molecule has 0 atom stereocenters. The maximum atomic E-state index is 13.1. The van der Waals surface area contributed by atoms with Gasteiger partial charge in [0.05, 0.1) is 0 Å². The van der Waals surface area contributed by atoms with E-state index in [1.807, 2.05) is 36.4 Å². The van der Waals surface area contributed by atoms with Crippen LogP contribution in [-0.4, -0.2) is 53.7 Å². The van der Waals surface area contributed by atoms with Gasteiger partial charge in [0, 0.05) is 31.7 Å². The smallest absolute Gasteiger partial charge is 0.341 e. The van der Waals surface area contributed by atoms with E-state index in [1.165, 1.54) is 12.1 Å². The van der Waals surface area contributed by atoms with Crippen molar-refractivity contribution in [3.05, 3.63) is 65.5 Å². The first kappa shape index (κ1) is 19.3. The van der Waals surface area contributed by atoms with Crippen LogP contribution in [0.25, 0.3) is 0 Å². The quantitative estimate of drug-likeness (QED) is 0.810. The second-order valence-corrected chi connectivity index (χ2v) is 6.82. The van der Waals surface area contributed by atoms with Gasteiger partial charge in [-0.2, -0.15) is 0 Å². The van der Waals surface area contributed by atoms with Crippen molar-refractivity contribution in [1.29, 1.82) is 0 Å². The Morgan fingerprint density at radius 2 is 1.63 bits per heavy atom. The third kappa shape index (κ3) is 6.05. The lowest BCUT2D eigenvalue weighted by Crippen LogP contribution is -2.30. The second-order valence-electron chi connectivity index (χ2n) is 6.82. The Morgan fingerprint density at radius 3 is 2.33 bits per heavy atom. The van der Waals surface area contributed by atoms with Crippen molar-refractivity contribution in [3.8, 4) is 5.75 Å². The number of rotatable bonds is 7. The molecule has 0 amide bonds. The van der Waals surface area contributed by atoms with Crippen molar-refractivity contribution in [2.45, 2.75) is 19.5 Å². The fraction of sp³-hybridized carbons (Fsp3) is 0.381. The van der Waals surface area contributed by atoms with Crippen LogP contribution in [0, 0.1) is 5.82 Å². The van der Waals surface area contributed by atoms with Crippen LogP contribution >= 0.6 is 0 Å². The summed E-state index contributed by atoms with van der Waals surface area (Å²) in [5, 5.41) is 8.83. The summed E-state index contributed by atoms with van der Waals surface area (Å²) in [6, 6.07) is 14.3. The van der Waals surface area contributed by atoms with Crippen molar-refractivity contribution in [1.82, 2.24) is 9.80 Å². The Balaban J connectivity index is 1.55. The monoisotopic (exact) mass is 372 g/mol. The molecule has 1 saturated heterocycles. The molecule has 0 aromatic heterocycles. The van der Waals surface area contributed by atoms with E-state index >= 15 is 0 Å². The van der Waals surface area contributed by atoms with Gasteiger partial charge in [-0.3, -0.25) is 9.80 Å². The standard InChI is InChI=1S/C21H25FN2O3/c22-19-8-6-17(7-9-19)14-23-10-3-11-24(13-12-23)15-18-4-1-2-5-20(18)27-16-21(25)26/h1-2,4-9H,3,10-16H2,(H,25,26). The third-order valence-electron chi connectivity index (χ3n) is 4.72. The molecule has 5 nitrogen and oxygen atoms in total. The number of hydrogen-bond acceptors (Lipinski definition) is 4. The molecule has 144 valence electrons. The third-order valence-corrected chi connectivity index (χ3v) is 4.72. The van der Waals surface area contributed by atoms with Crippen LogP contribution in [0.3, 0.4) is 0 Å². The van der Waals surface area contributed by atoms with E-state index in [0.717, 1.165) is 56.8 Å². The van der Waals surface area contributed by atoms with Crippen LogP contribution in [0.4, 0.5) is 4.39 Å². The minimum Gasteiger partial charge on any atom is -0.482 e. The Bertz CT molecular complexity index is 751. The summed E-state index contributed by atoms with van der Waals surface area (Å²) in [7, 11) is 0. The Labute approximate surface area is 159 Å². The predicted octanol–water partition coefficient (Wildman–Crippen LogP) is 3.00. The van der Waals surface area contributed by atoms with Crippen molar-refractivity contribution < 1.29 is 19.0 Å². The molecule has 0 spiro atoms. The van der Waals surface area contributed by atoms with Gasteiger partial charge < -0.3 is 9.84 Å². The average Bonchev–Trinajstić information content (AvgIpc) is 2.88. The highest BCUT2D eigenvalue weighted by atomic mass is 19.1. The second kappa shape index (κ2) is 9.48. The van der Waals surface area contributed by atoms with E-state index in [-0.39, 0.29) is 12.4 Å². The topological polar surface area (TPSA) is 53.0 Å². The molecule has 6 heteroatoms. The minimum atomic E-state index is -0.976.